The molecule has 0 aromatic heterocycles. The number of fused-ring (bicyclic) bond motifs is 2. The lowest BCUT2D eigenvalue weighted by molar-refractivity contribution is 0.0787. The number of nitrogens with one attached hydrogen (secondary N) is 4. The molecule has 0 amide bonds. The number of carbonyl (C=O) groups is 2. The van der Waals surface area contributed by atoms with E-state index in [1.165, 1.54) is 0 Å². The maximum absolute atomic E-state index is 14.5. The summed E-state index contributed by atoms with van der Waals surface area (Å²) in [5.74, 6) is -2.37. The van der Waals surface area contributed by atoms with Gasteiger partial charge in [0.15, 0.2) is 11.6 Å². The van der Waals surface area contributed by atoms with Crippen LogP contribution in [0.3, 0.4) is 0 Å². The van der Waals surface area contributed by atoms with Crippen LogP contribution in [-0.2, 0) is 20.0 Å². The molecule has 4 aliphatic rings. The van der Waals surface area contributed by atoms with Crippen molar-refractivity contribution < 1.29 is 26.4 Å². The van der Waals surface area contributed by atoms with Crippen LogP contribution in [0.4, 0.5) is 11.4 Å². The van der Waals surface area contributed by atoms with Crippen molar-refractivity contribution in [3.63, 3.8) is 0 Å². The zero-order valence-electron chi connectivity index (χ0n) is 33.3. The number of ketones is 2. The van der Waals surface area contributed by atoms with Crippen molar-refractivity contribution >= 4 is 43.0 Å². The molecule has 2 atom stereocenters. The largest absolute Gasteiger partial charge is 0.358 e. The molecule has 2 fully saturated rings. The molecule has 0 radical (unpaired) electrons. The van der Waals surface area contributed by atoms with Crippen LogP contribution in [0.25, 0.3) is 0 Å². The maximum atomic E-state index is 14.5. The molecular formula is C44H54N4O6S2. The van der Waals surface area contributed by atoms with Crippen molar-refractivity contribution in [1.29, 1.82) is 0 Å². The highest BCUT2D eigenvalue weighted by Crippen LogP contribution is 2.44. The van der Waals surface area contributed by atoms with Gasteiger partial charge in [0.25, 0.3) is 0 Å². The normalized spacial score (nSPS) is 20.9. The molecule has 298 valence electrons. The summed E-state index contributed by atoms with van der Waals surface area (Å²) in [6.45, 7) is 11.0. The lowest BCUT2D eigenvalue weighted by Crippen LogP contribution is -2.43. The summed E-state index contributed by atoms with van der Waals surface area (Å²) >= 11 is 0. The van der Waals surface area contributed by atoms with Crippen LogP contribution in [0.2, 0.25) is 0 Å². The number of benzene rings is 3. The van der Waals surface area contributed by atoms with E-state index in [-0.39, 0.29) is 33.4 Å². The molecule has 0 heterocycles. The van der Waals surface area contributed by atoms with Crippen molar-refractivity contribution in [2.24, 2.45) is 11.8 Å². The summed E-state index contributed by atoms with van der Waals surface area (Å²) in [5.41, 5.74) is 6.69. The van der Waals surface area contributed by atoms with Crippen molar-refractivity contribution in [2.75, 3.05) is 10.6 Å². The number of allylic oxidation sites excluding steroid dienone is 4. The van der Waals surface area contributed by atoms with Crippen LogP contribution in [-0.4, -0.2) is 40.5 Å². The number of anilines is 2. The minimum Gasteiger partial charge on any atom is -0.358 e. The zero-order chi connectivity index (χ0) is 40.1. The quantitative estimate of drug-likeness (QED) is 0.160. The van der Waals surface area contributed by atoms with E-state index < -0.39 is 31.9 Å². The molecule has 4 aliphatic carbocycles. The molecule has 0 aliphatic heterocycles. The van der Waals surface area contributed by atoms with E-state index in [0.29, 0.717) is 56.1 Å². The van der Waals surface area contributed by atoms with Crippen LogP contribution >= 0.6 is 0 Å². The molecule has 0 spiro atoms. The maximum Gasteiger partial charge on any atom is 0.241 e. The lowest BCUT2D eigenvalue weighted by atomic mass is 9.69. The Bertz CT molecular complexity index is 2220. The van der Waals surface area contributed by atoms with Crippen LogP contribution in [0, 0.1) is 53.4 Å². The highest BCUT2D eigenvalue weighted by Gasteiger charge is 2.47. The van der Waals surface area contributed by atoms with Gasteiger partial charge in [-0.3, -0.25) is 9.59 Å². The van der Waals surface area contributed by atoms with Crippen LogP contribution in [0.1, 0.15) is 118 Å². The Kier molecular flexibility index (Phi) is 11.2. The fourth-order valence-electron chi connectivity index (χ4n) is 9.65. The predicted octanol–water partition coefficient (Wildman–Crippen LogP) is 8.38. The first-order valence-electron chi connectivity index (χ1n) is 20.0. The van der Waals surface area contributed by atoms with Gasteiger partial charge in [-0.1, -0.05) is 74.9 Å². The molecule has 2 unspecified atom stereocenters. The van der Waals surface area contributed by atoms with E-state index in [4.69, 9.17) is 0 Å². The molecule has 56 heavy (non-hydrogen) atoms. The molecule has 0 bridgehead atoms. The predicted molar refractivity (Wildman–Crippen MR) is 221 cm³/mol. The summed E-state index contributed by atoms with van der Waals surface area (Å²) in [6, 6.07) is 10.3. The van der Waals surface area contributed by atoms with Gasteiger partial charge in [-0.05, 0) is 113 Å². The van der Waals surface area contributed by atoms with Gasteiger partial charge in [-0.15, -0.1) is 0 Å². The van der Waals surface area contributed by atoms with Gasteiger partial charge < -0.3 is 10.6 Å². The van der Waals surface area contributed by atoms with Gasteiger partial charge in [-0.2, -0.15) is 0 Å². The molecular weight excluding hydrogens is 745 g/mol. The van der Waals surface area contributed by atoms with E-state index in [2.05, 4.69) is 20.1 Å². The second-order valence-electron chi connectivity index (χ2n) is 16.3. The topological polar surface area (TPSA) is 151 Å². The second-order valence-corrected chi connectivity index (χ2v) is 19.6. The summed E-state index contributed by atoms with van der Waals surface area (Å²) in [4.78, 5) is 29.5. The number of rotatable bonds is 10. The number of hydrogen-bond acceptors (Lipinski definition) is 8. The molecule has 3 aromatic rings. The van der Waals surface area contributed by atoms with E-state index in [0.717, 1.165) is 75.3 Å². The van der Waals surface area contributed by atoms with E-state index in [1.807, 2.05) is 26.0 Å². The number of aryl methyl sites for hydroxylation is 4. The monoisotopic (exact) mass is 798 g/mol. The van der Waals surface area contributed by atoms with Gasteiger partial charge in [0.05, 0.1) is 21.6 Å². The van der Waals surface area contributed by atoms with Crippen LogP contribution in [0.15, 0.2) is 69.7 Å². The third-order valence-corrected chi connectivity index (χ3v) is 15.8. The van der Waals surface area contributed by atoms with Gasteiger partial charge in [-0.25, -0.2) is 26.3 Å². The first kappa shape index (κ1) is 40.1. The Hall–Kier alpha value is -4.10. The number of sulfonamides is 2. The Morgan fingerprint density at radius 2 is 0.875 bits per heavy atom. The van der Waals surface area contributed by atoms with Crippen LogP contribution in [0.5, 0.6) is 0 Å². The number of carbonyl (C=O) groups excluding carboxylic acids is 2. The molecule has 10 nitrogen and oxygen atoms in total. The second kappa shape index (κ2) is 15.7. The van der Waals surface area contributed by atoms with E-state index in [1.54, 1.807) is 64.1 Å². The fraction of sp³-hybridized carbons (Fsp3) is 0.455. The van der Waals surface area contributed by atoms with Gasteiger partial charge in [0.2, 0.25) is 20.0 Å². The minimum absolute atomic E-state index is 0.112. The Morgan fingerprint density at radius 1 is 0.518 bits per heavy atom. The standard InChI is InChI=1S/C44H54N4O6S2/c1-25-23-27(3)43(55(51,52)47-31-15-9-7-10-16-31)29(5)39(25)45-35-21-22-36(38-37(35)41(49)33-19-13-14-20-34(33)42(38)50)46-40-26(2)24-28(4)44(30(40)6)56(53,54)48-32-17-11-8-12-18-32/h13-14,19-24,31-32,37-38,45-48H,7-12,15-18H2,1-6H3. The first-order valence-corrected chi connectivity index (χ1v) is 22.9. The highest BCUT2D eigenvalue weighted by atomic mass is 32.2. The van der Waals surface area contributed by atoms with Crippen molar-refractivity contribution in [3.05, 3.63) is 104 Å². The van der Waals surface area contributed by atoms with Crippen molar-refractivity contribution in [1.82, 2.24) is 9.44 Å². The molecule has 7 rings (SSSR count). The number of Topliss-reactive ketones (excluding diaryl/α,β-unsaturated/α-hetero) is 2. The first-order chi connectivity index (χ1) is 26.6. The minimum atomic E-state index is -3.86. The van der Waals surface area contributed by atoms with Gasteiger partial charge in [0.1, 0.15) is 0 Å². The molecule has 4 N–H and O–H groups in total. The van der Waals surface area contributed by atoms with Crippen LogP contribution < -0.4 is 20.1 Å². The highest BCUT2D eigenvalue weighted by molar-refractivity contribution is 7.90. The number of hydrogen-bond donors (Lipinski definition) is 4. The zero-order valence-corrected chi connectivity index (χ0v) is 34.9. The summed E-state index contributed by atoms with van der Waals surface area (Å²) in [5, 5.41) is 6.92. The van der Waals surface area contributed by atoms with Crippen molar-refractivity contribution in [3.8, 4) is 0 Å². The third kappa shape index (κ3) is 7.53. The smallest absolute Gasteiger partial charge is 0.241 e. The molecule has 2 saturated carbocycles. The molecule has 12 heteroatoms. The Balaban J connectivity index is 1.29. The molecule has 3 aromatic carbocycles. The summed E-state index contributed by atoms with van der Waals surface area (Å²) in [6.07, 6.45) is 12.9. The molecule has 0 saturated heterocycles. The summed E-state index contributed by atoms with van der Waals surface area (Å²) in [7, 11) is -7.72. The average Bonchev–Trinajstić information content (AvgIpc) is 3.14. The van der Waals surface area contributed by atoms with Crippen molar-refractivity contribution in [2.45, 2.75) is 128 Å². The van der Waals surface area contributed by atoms with Gasteiger partial charge in [0, 0.05) is 46.0 Å². The van der Waals surface area contributed by atoms with Gasteiger partial charge >= 0.3 is 0 Å². The van der Waals surface area contributed by atoms with E-state index >= 15 is 0 Å². The Labute approximate surface area is 332 Å². The lowest BCUT2D eigenvalue weighted by Gasteiger charge is -2.37. The summed E-state index contributed by atoms with van der Waals surface area (Å²) < 4.78 is 61.6. The average molecular weight is 799 g/mol. The third-order valence-electron chi connectivity index (χ3n) is 12.2. The fourth-order valence-corrected chi connectivity index (χ4v) is 13.2. The SMILES string of the molecule is Cc1cc(C)c(S(=O)(=O)NC2CCCCC2)c(C)c1NC1=CC=C(Nc2c(C)cc(C)c(S(=O)(=O)NC3CCCCC3)c2C)C2C(=O)c3ccccc3C(=O)C12. The Morgan fingerprint density at radius 3 is 1.23 bits per heavy atom. The van der Waals surface area contributed by atoms with E-state index in [9.17, 15) is 26.4 Å².